The topological polar surface area (TPSA) is 87.0 Å². The number of rotatable bonds is 1. The van der Waals surface area contributed by atoms with E-state index in [4.69, 9.17) is 4.74 Å². The maximum atomic E-state index is 12.7. The fraction of sp³-hybridized carbons (Fsp3) is 0.950. The number of carbonyl (C=O) groups is 1. The highest BCUT2D eigenvalue weighted by Gasteiger charge is 2.76. The highest BCUT2D eigenvalue weighted by molar-refractivity contribution is 5.80. The van der Waals surface area contributed by atoms with Crippen molar-refractivity contribution in [1.29, 1.82) is 0 Å². The summed E-state index contributed by atoms with van der Waals surface area (Å²) in [4.78, 5) is 12.7. The number of esters is 1. The second kappa shape index (κ2) is 4.60. The first-order valence-electron chi connectivity index (χ1n) is 9.94. The van der Waals surface area contributed by atoms with Crippen molar-refractivity contribution in [3.8, 4) is 0 Å². The molecule has 5 heteroatoms. The van der Waals surface area contributed by atoms with Gasteiger partial charge in [0.15, 0.2) is 0 Å². The van der Waals surface area contributed by atoms with E-state index in [-0.39, 0.29) is 35.7 Å². The fourth-order valence-electron chi connectivity index (χ4n) is 8.46. The third-order valence-electron chi connectivity index (χ3n) is 9.34. The summed E-state index contributed by atoms with van der Waals surface area (Å²) >= 11 is 0. The van der Waals surface area contributed by atoms with E-state index in [0.29, 0.717) is 6.42 Å². The predicted molar refractivity (Wildman–Crippen MR) is 89.4 cm³/mol. The standard InChI is InChI=1S/C20H30O5/c1-17-6-3-7-18(2)14(17)13(25-16(18)23)15(22)19-8-11(4-5-12(17)19)20(24,9-19)10-21/h11-15,21-22,24H,3-10H2,1-2H3/t11-,12+,13-,14+,15+,17+,18-,19-,20-/m1/s1. The summed E-state index contributed by atoms with van der Waals surface area (Å²) in [7, 11) is 0. The molecule has 0 aromatic heterocycles. The molecule has 1 heterocycles. The highest BCUT2D eigenvalue weighted by atomic mass is 16.6. The van der Waals surface area contributed by atoms with Crippen molar-refractivity contribution in [2.24, 2.45) is 34.0 Å². The third kappa shape index (κ3) is 1.65. The molecule has 25 heavy (non-hydrogen) atoms. The number of carbonyl (C=O) groups excluding carboxylic acids is 1. The minimum atomic E-state index is -1.10. The first-order valence-corrected chi connectivity index (χ1v) is 9.94. The SMILES string of the molecule is C[C@]12CCC[C@@]3(C)C(=O)O[C@@H]([C@H](O)[C@@]45C[C@@H](CC[C@@H]14)[C@](O)(CO)C5)[C@@H]23. The molecule has 3 N–H and O–H groups in total. The summed E-state index contributed by atoms with van der Waals surface area (Å²) < 4.78 is 5.82. The van der Waals surface area contributed by atoms with E-state index < -0.39 is 28.6 Å². The number of aliphatic hydroxyl groups excluding tert-OH is 2. The molecule has 0 amide bonds. The molecule has 1 spiro atoms. The van der Waals surface area contributed by atoms with Crippen LogP contribution in [0.15, 0.2) is 0 Å². The Kier molecular flexibility index (Phi) is 3.04. The lowest BCUT2D eigenvalue weighted by molar-refractivity contribution is -0.221. The Hall–Kier alpha value is -0.650. The zero-order valence-corrected chi connectivity index (χ0v) is 15.2. The Morgan fingerprint density at radius 2 is 2.00 bits per heavy atom. The molecule has 1 aliphatic heterocycles. The van der Waals surface area contributed by atoms with Crippen LogP contribution >= 0.6 is 0 Å². The average Bonchev–Trinajstić information content (AvgIpc) is 2.97. The zero-order valence-electron chi connectivity index (χ0n) is 15.2. The summed E-state index contributed by atoms with van der Waals surface area (Å²) in [5.41, 5.74) is -2.06. The first-order chi connectivity index (χ1) is 11.7. The molecule has 140 valence electrons. The number of fused-ring (bicyclic) bond motifs is 2. The van der Waals surface area contributed by atoms with Crippen molar-refractivity contribution < 1.29 is 24.9 Å². The molecule has 4 saturated carbocycles. The molecule has 2 bridgehead atoms. The molecule has 5 nitrogen and oxygen atoms in total. The van der Waals surface area contributed by atoms with Gasteiger partial charge >= 0.3 is 5.97 Å². The summed E-state index contributed by atoms with van der Waals surface area (Å²) in [5, 5.41) is 32.3. The second-order valence-corrected chi connectivity index (χ2v) is 10.3. The Morgan fingerprint density at radius 1 is 1.24 bits per heavy atom. The lowest BCUT2D eigenvalue weighted by Gasteiger charge is -2.63. The quantitative estimate of drug-likeness (QED) is 0.626. The maximum Gasteiger partial charge on any atom is 0.312 e. The smallest absolute Gasteiger partial charge is 0.312 e. The van der Waals surface area contributed by atoms with Crippen molar-refractivity contribution in [2.45, 2.75) is 76.6 Å². The van der Waals surface area contributed by atoms with Crippen molar-refractivity contribution in [1.82, 2.24) is 0 Å². The summed E-state index contributed by atoms with van der Waals surface area (Å²) in [5.74, 6) is 0.235. The molecule has 4 aliphatic carbocycles. The van der Waals surface area contributed by atoms with Gasteiger partial charge in [0.2, 0.25) is 0 Å². The number of ether oxygens (including phenoxy) is 1. The Morgan fingerprint density at radius 3 is 2.72 bits per heavy atom. The van der Waals surface area contributed by atoms with Crippen LogP contribution in [0, 0.1) is 34.0 Å². The lowest BCUT2D eigenvalue weighted by atomic mass is 9.40. The molecule has 9 atom stereocenters. The van der Waals surface area contributed by atoms with E-state index >= 15 is 0 Å². The first kappa shape index (κ1) is 16.5. The van der Waals surface area contributed by atoms with Crippen LogP contribution in [0.25, 0.3) is 0 Å². The van der Waals surface area contributed by atoms with Crippen LogP contribution in [-0.4, -0.2) is 45.7 Å². The van der Waals surface area contributed by atoms with E-state index in [0.717, 1.165) is 38.5 Å². The number of aliphatic hydroxyl groups is 3. The summed E-state index contributed by atoms with van der Waals surface area (Å²) in [6, 6.07) is 0. The van der Waals surface area contributed by atoms with Gasteiger partial charge in [0.25, 0.3) is 0 Å². The van der Waals surface area contributed by atoms with Crippen molar-refractivity contribution in [3.63, 3.8) is 0 Å². The van der Waals surface area contributed by atoms with Crippen LogP contribution in [0.2, 0.25) is 0 Å². The minimum Gasteiger partial charge on any atom is -0.459 e. The van der Waals surface area contributed by atoms with E-state index in [9.17, 15) is 20.1 Å². The Labute approximate surface area is 148 Å². The van der Waals surface area contributed by atoms with Crippen molar-refractivity contribution >= 4 is 5.97 Å². The number of hydrogen-bond acceptors (Lipinski definition) is 5. The maximum absolute atomic E-state index is 12.7. The highest BCUT2D eigenvalue weighted by Crippen LogP contribution is 2.74. The largest absolute Gasteiger partial charge is 0.459 e. The second-order valence-electron chi connectivity index (χ2n) is 10.3. The molecule has 5 fully saturated rings. The lowest BCUT2D eigenvalue weighted by Crippen LogP contribution is -2.65. The van der Waals surface area contributed by atoms with Gasteiger partial charge in [0.1, 0.15) is 6.10 Å². The van der Waals surface area contributed by atoms with Crippen molar-refractivity contribution in [2.75, 3.05) is 6.61 Å². The molecule has 0 unspecified atom stereocenters. The van der Waals surface area contributed by atoms with Gasteiger partial charge in [0.05, 0.1) is 23.7 Å². The van der Waals surface area contributed by atoms with E-state index in [2.05, 4.69) is 6.92 Å². The minimum absolute atomic E-state index is 0.0376. The molecule has 1 saturated heterocycles. The van der Waals surface area contributed by atoms with Gasteiger partial charge in [-0.05, 0) is 62.7 Å². The molecule has 0 radical (unpaired) electrons. The van der Waals surface area contributed by atoms with Gasteiger partial charge in [-0.25, -0.2) is 0 Å². The fourth-order valence-corrected chi connectivity index (χ4v) is 8.46. The van der Waals surface area contributed by atoms with Gasteiger partial charge in [-0.15, -0.1) is 0 Å². The third-order valence-corrected chi connectivity index (χ3v) is 9.34. The molecular weight excluding hydrogens is 320 g/mol. The Balaban J connectivity index is 1.66. The molecule has 5 rings (SSSR count). The van der Waals surface area contributed by atoms with E-state index in [1.54, 1.807) is 0 Å². The summed E-state index contributed by atoms with van der Waals surface area (Å²) in [6.45, 7) is 4.09. The summed E-state index contributed by atoms with van der Waals surface area (Å²) in [6.07, 6.45) is 4.76. The Bertz CT molecular complexity index is 636. The van der Waals surface area contributed by atoms with Gasteiger partial charge < -0.3 is 20.1 Å². The van der Waals surface area contributed by atoms with Crippen LogP contribution in [-0.2, 0) is 9.53 Å². The zero-order chi connectivity index (χ0) is 17.8. The predicted octanol–water partition coefficient (Wildman–Crippen LogP) is 1.63. The van der Waals surface area contributed by atoms with Crippen molar-refractivity contribution in [3.05, 3.63) is 0 Å². The average molecular weight is 350 g/mol. The van der Waals surface area contributed by atoms with E-state index in [1.165, 1.54) is 0 Å². The van der Waals surface area contributed by atoms with Crippen LogP contribution in [0.3, 0.4) is 0 Å². The molecule has 0 aromatic carbocycles. The monoisotopic (exact) mass is 350 g/mol. The van der Waals surface area contributed by atoms with E-state index in [1.807, 2.05) is 6.92 Å². The van der Waals surface area contributed by atoms with Crippen LogP contribution in [0.5, 0.6) is 0 Å². The van der Waals surface area contributed by atoms with Gasteiger partial charge in [-0.3, -0.25) is 4.79 Å². The van der Waals surface area contributed by atoms with Gasteiger partial charge in [-0.2, -0.15) is 0 Å². The molecule has 5 aliphatic rings. The van der Waals surface area contributed by atoms with Gasteiger partial charge in [0, 0.05) is 11.3 Å². The van der Waals surface area contributed by atoms with Crippen LogP contribution in [0.4, 0.5) is 0 Å². The molecule has 0 aromatic rings. The normalized spacial score (nSPS) is 62.3. The van der Waals surface area contributed by atoms with Gasteiger partial charge in [-0.1, -0.05) is 13.3 Å². The van der Waals surface area contributed by atoms with Crippen LogP contribution in [0.1, 0.15) is 58.8 Å². The molecular formula is C20H30O5. The van der Waals surface area contributed by atoms with Crippen LogP contribution < -0.4 is 0 Å². The number of hydrogen-bond donors (Lipinski definition) is 3.